The van der Waals surface area contributed by atoms with Gasteiger partial charge in [0.05, 0.1) is 31.5 Å². The quantitative estimate of drug-likeness (QED) is 0.691. The molecule has 2 aromatic heterocycles. The highest BCUT2D eigenvalue weighted by Crippen LogP contribution is 2.29. The van der Waals surface area contributed by atoms with Crippen LogP contribution >= 0.6 is 0 Å². The van der Waals surface area contributed by atoms with Crippen molar-refractivity contribution in [2.75, 3.05) is 39.4 Å². The van der Waals surface area contributed by atoms with Crippen LogP contribution in [0.25, 0.3) is 11.0 Å². The van der Waals surface area contributed by atoms with E-state index >= 15 is 0 Å². The van der Waals surface area contributed by atoms with Gasteiger partial charge < -0.3 is 9.72 Å². The summed E-state index contributed by atoms with van der Waals surface area (Å²) in [5.74, 6) is 0.985. The Morgan fingerprint density at radius 2 is 2.03 bits per heavy atom. The van der Waals surface area contributed by atoms with E-state index in [2.05, 4.69) is 30.0 Å². The molecule has 2 aliphatic rings. The number of imidazole rings is 1. The van der Waals surface area contributed by atoms with E-state index in [0.717, 1.165) is 70.1 Å². The van der Waals surface area contributed by atoms with Gasteiger partial charge in [-0.15, -0.1) is 0 Å². The van der Waals surface area contributed by atoms with Crippen LogP contribution in [0.5, 0.6) is 0 Å². The number of aromatic amines is 2. The number of nitrogens with zero attached hydrogens (tertiary/aromatic N) is 4. The number of piperidine rings is 1. The fourth-order valence-electron chi connectivity index (χ4n) is 4.57. The molecule has 3 aromatic rings. The van der Waals surface area contributed by atoms with E-state index in [4.69, 9.17) is 4.74 Å². The zero-order chi connectivity index (χ0) is 19.6. The molecule has 0 spiro atoms. The summed E-state index contributed by atoms with van der Waals surface area (Å²) in [6.45, 7) is 7.19. The molecule has 0 amide bonds. The van der Waals surface area contributed by atoms with E-state index < -0.39 is 0 Å². The first-order valence-corrected chi connectivity index (χ1v) is 10.4. The SMILES string of the molecule is Fc1cccc2[nH]c(CN3CCCC(c4[nH]ncc4CN4CCOCC4)C3)nc12. The number of nitrogens with one attached hydrogen (secondary N) is 2. The van der Waals surface area contributed by atoms with E-state index in [1.165, 1.54) is 17.3 Å². The first-order valence-electron chi connectivity index (χ1n) is 10.4. The largest absolute Gasteiger partial charge is 0.379 e. The maximum absolute atomic E-state index is 13.9. The number of rotatable bonds is 5. The van der Waals surface area contributed by atoms with Crippen LogP contribution in [0, 0.1) is 5.82 Å². The van der Waals surface area contributed by atoms with Gasteiger partial charge in [0, 0.05) is 43.4 Å². The van der Waals surface area contributed by atoms with Gasteiger partial charge in [-0.25, -0.2) is 9.37 Å². The number of hydrogen-bond acceptors (Lipinski definition) is 5. The summed E-state index contributed by atoms with van der Waals surface area (Å²) < 4.78 is 19.4. The fraction of sp³-hybridized carbons (Fsp3) is 0.524. The van der Waals surface area contributed by atoms with Gasteiger partial charge >= 0.3 is 0 Å². The first kappa shape index (κ1) is 18.7. The van der Waals surface area contributed by atoms with Crippen LogP contribution in [0.2, 0.25) is 0 Å². The molecule has 0 aliphatic carbocycles. The number of H-pyrrole nitrogens is 2. The normalized spacial score (nSPS) is 21.8. The van der Waals surface area contributed by atoms with Crippen LogP contribution in [0.4, 0.5) is 4.39 Å². The van der Waals surface area contributed by atoms with Gasteiger partial charge in [0.25, 0.3) is 0 Å². The van der Waals surface area contributed by atoms with Crippen LogP contribution in [0.15, 0.2) is 24.4 Å². The number of para-hydroxylation sites is 1. The lowest BCUT2D eigenvalue weighted by Crippen LogP contribution is -2.37. The van der Waals surface area contributed by atoms with E-state index in [9.17, 15) is 4.39 Å². The molecule has 154 valence electrons. The number of benzene rings is 1. The van der Waals surface area contributed by atoms with Gasteiger partial charge in [-0.2, -0.15) is 5.10 Å². The van der Waals surface area contributed by atoms with Gasteiger partial charge in [0.15, 0.2) is 5.82 Å². The number of hydrogen-bond donors (Lipinski definition) is 2. The average Bonchev–Trinajstić information content (AvgIpc) is 3.36. The van der Waals surface area contributed by atoms with Crippen molar-refractivity contribution in [1.82, 2.24) is 30.0 Å². The Morgan fingerprint density at radius 1 is 1.14 bits per heavy atom. The second-order valence-corrected chi connectivity index (χ2v) is 8.09. The summed E-state index contributed by atoms with van der Waals surface area (Å²) >= 11 is 0. The Labute approximate surface area is 169 Å². The highest BCUT2D eigenvalue weighted by atomic mass is 19.1. The van der Waals surface area contributed by atoms with Crippen LogP contribution < -0.4 is 0 Å². The highest BCUT2D eigenvalue weighted by molar-refractivity contribution is 5.75. The van der Waals surface area contributed by atoms with E-state index in [1.54, 1.807) is 6.07 Å². The van der Waals surface area contributed by atoms with Gasteiger partial charge in [0.1, 0.15) is 11.3 Å². The Kier molecular flexibility index (Phi) is 5.30. The summed E-state index contributed by atoms with van der Waals surface area (Å²) in [6.07, 6.45) is 4.27. The van der Waals surface area contributed by atoms with Gasteiger partial charge in [-0.05, 0) is 31.5 Å². The third-order valence-electron chi connectivity index (χ3n) is 6.05. The minimum Gasteiger partial charge on any atom is -0.379 e. The van der Waals surface area contributed by atoms with Crippen molar-refractivity contribution < 1.29 is 9.13 Å². The smallest absolute Gasteiger partial charge is 0.151 e. The van der Waals surface area contributed by atoms with Gasteiger partial charge in [0.2, 0.25) is 0 Å². The molecular weight excluding hydrogens is 371 g/mol. The summed E-state index contributed by atoms with van der Waals surface area (Å²) in [5, 5.41) is 7.62. The third kappa shape index (κ3) is 4.05. The van der Waals surface area contributed by atoms with Crippen molar-refractivity contribution in [3.8, 4) is 0 Å². The lowest BCUT2D eigenvalue weighted by molar-refractivity contribution is 0.0339. The number of ether oxygens (including phenoxy) is 1. The van der Waals surface area contributed by atoms with Crippen LogP contribution in [0.3, 0.4) is 0 Å². The van der Waals surface area contributed by atoms with Crippen molar-refractivity contribution in [3.05, 3.63) is 47.3 Å². The van der Waals surface area contributed by atoms with E-state index in [-0.39, 0.29) is 5.82 Å². The minimum atomic E-state index is -0.272. The zero-order valence-electron chi connectivity index (χ0n) is 16.5. The van der Waals surface area contributed by atoms with Crippen molar-refractivity contribution >= 4 is 11.0 Å². The number of fused-ring (bicyclic) bond motifs is 1. The third-order valence-corrected chi connectivity index (χ3v) is 6.05. The van der Waals surface area contributed by atoms with E-state index in [0.29, 0.717) is 18.0 Å². The Balaban J connectivity index is 1.27. The average molecular weight is 398 g/mol. The second-order valence-electron chi connectivity index (χ2n) is 8.09. The molecule has 4 heterocycles. The summed E-state index contributed by atoms with van der Waals surface area (Å²) in [5.41, 5.74) is 3.74. The second kappa shape index (κ2) is 8.22. The van der Waals surface area contributed by atoms with Gasteiger partial charge in [-0.3, -0.25) is 14.9 Å². The molecule has 1 atom stereocenters. The molecule has 2 aliphatic heterocycles. The molecular formula is C21H27FN6O. The predicted molar refractivity (Wildman–Crippen MR) is 108 cm³/mol. The molecule has 1 aromatic carbocycles. The predicted octanol–water partition coefficient (Wildman–Crippen LogP) is 2.64. The maximum Gasteiger partial charge on any atom is 0.151 e. The van der Waals surface area contributed by atoms with Crippen LogP contribution in [-0.2, 0) is 17.8 Å². The standard InChI is InChI=1S/C21H27FN6O/c22-17-4-1-5-18-21(17)25-19(24-18)14-28-6-2-3-15(12-28)20-16(11-23-26-20)13-27-7-9-29-10-8-27/h1,4-5,11,15H,2-3,6-10,12-14H2,(H,23,26)(H,24,25). The molecule has 0 radical (unpaired) electrons. The lowest BCUT2D eigenvalue weighted by Gasteiger charge is -2.33. The topological polar surface area (TPSA) is 73.1 Å². The van der Waals surface area contributed by atoms with Gasteiger partial charge in [-0.1, -0.05) is 6.07 Å². The first-order chi connectivity index (χ1) is 14.3. The summed E-state index contributed by atoms with van der Waals surface area (Å²) in [4.78, 5) is 12.6. The maximum atomic E-state index is 13.9. The lowest BCUT2D eigenvalue weighted by atomic mass is 9.92. The Bertz CT molecular complexity index is 963. The monoisotopic (exact) mass is 398 g/mol. The molecule has 7 nitrogen and oxygen atoms in total. The van der Waals surface area contributed by atoms with E-state index in [1.807, 2.05) is 12.3 Å². The van der Waals surface area contributed by atoms with Crippen LogP contribution in [0.1, 0.15) is 35.8 Å². The number of aromatic nitrogens is 4. The molecule has 2 fully saturated rings. The molecule has 2 N–H and O–H groups in total. The van der Waals surface area contributed by atoms with Crippen molar-refractivity contribution in [2.24, 2.45) is 0 Å². The molecule has 8 heteroatoms. The Hall–Kier alpha value is -2.29. The molecule has 2 saturated heterocycles. The summed E-state index contributed by atoms with van der Waals surface area (Å²) in [7, 11) is 0. The molecule has 0 bridgehead atoms. The highest BCUT2D eigenvalue weighted by Gasteiger charge is 2.26. The van der Waals surface area contributed by atoms with Crippen molar-refractivity contribution in [1.29, 1.82) is 0 Å². The Morgan fingerprint density at radius 3 is 2.90 bits per heavy atom. The number of likely N-dealkylation sites (tertiary alicyclic amines) is 1. The molecule has 5 rings (SSSR count). The van der Waals surface area contributed by atoms with Crippen molar-refractivity contribution in [3.63, 3.8) is 0 Å². The molecule has 1 unspecified atom stereocenters. The number of halogens is 1. The van der Waals surface area contributed by atoms with Crippen LogP contribution in [-0.4, -0.2) is 69.4 Å². The fourth-order valence-corrected chi connectivity index (χ4v) is 4.57. The summed E-state index contributed by atoms with van der Waals surface area (Å²) in [6, 6.07) is 5.04. The minimum absolute atomic E-state index is 0.272. The molecule has 29 heavy (non-hydrogen) atoms. The zero-order valence-corrected chi connectivity index (χ0v) is 16.5. The molecule has 0 saturated carbocycles. The van der Waals surface area contributed by atoms with Crippen molar-refractivity contribution in [2.45, 2.75) is 31.8 Å². The number of morpholine rings is 1.